The van der Waals surface area contributed by atoms with Crippen molar-refractivity contribution in [3.05, 3.63) is 35.8 Å². The summed E-state index contributed by atoms with van der Waals surface area (Å²) in [7, 11) is 2.04. The number of aromatic nitrogens is 4. The first-order valence-corrected chi connectivity index (χ1v) is 7.42. The molecule has 0 aliphatic carbocycles. The number of hydrogen-bond acceptors (Lipinski definition) is 5. The molecule has 0 saturated carbocycles. The average molecular weight is 287 g/mol. The SMILES string of the molecule is CCOc1ncnc2c1CCN(Cc1nccn1C)CC2. The zero-order valence-corrected chi connectivity index (χ0v) is 12.6. The van der Waals surface area contributed by atoms with E-state index in [1.807, 2.05) is 26.4 Å². The minimum atomic E-state index is 0.639. The van der Waals surface area contributed by atoms with Gasteiger partial charge in [-0.05, 0) is 13.3 Å². The number of hydrogen-bond donors (Lipinski definition) is 0. The molecule has 0 amide bonds. The standard InChI is InChI=1S/C15H21N5O/c1-3-21-15-12-4-7-20(8-5-13(12)17-11-18-15)10-14-16-6-9-19(14)2/h6,9,11H,3-5,7-8,10H2,1-2H3. The molecule has 3 heterocycles. The summed E-state index contributed by atoms with van der Waals surface area (Å²) in [5.41, 5.74) is 2.29. The number of imidazole rings is 1. The second-order valence-electron chi connectivity index (χ2n) is 5.27. The molecular weight excluding hydrogens is 266 g/mol. The molecule has 1 aliphatic rings. The van der Waals surface area contributed by atoms with E-state index in [2.05, 4.69) is 24.4 Å². The van der Waals surface area contributed by atoms with Gasteiger partial charge in [-0.15, -0.1) is 0 Å². The lowest BCUT2D eigenvalue weighted by Gasteiger charge is -2.19. The summed E-state index contributed by atoms with van der Waals surface area (Å²) in [6.45, 7) is 5.46. The van der Waals surface area contributed by atoms with Crippen LogP contribution in [-0.2, 0) is 26.4 Å². The molecule has 3 rings (SSSR count). The lowest BCUT2D eigenvalue weighted by molar-refractivity contribution is 0.268. The highest BCUT2D eigenvalue weighted by Gasteiger charge is 2.20. The van der Waals surface area contributed by atoms with Crippen molar-refractivity contribution in [1.29, 1.82) is 0 Å². The molecule has 2 aromatic heterocycles. The molecule has 0 aromatic carbocycles. The molecule has 0 spiro atoms. The fraction of sp³-hybridized carbons (Fsp3) is 0.533. The van der Waals surface area contributed by atoms with Crippen LogP contribution in [0.2, 0.25) is 0 Å². The quantitative estimate of drug-likeness (QED) is 0.846. The number of ether oxygens (including phenoxy) is 1. The van der Waals surface area contributed by atoms with Gasteiger partial charge >= 0.3 is 0 Å². The maximum absolute atomic E-state index is 5.63. The van der Waals surface area contributed by atoms with E-state index in [4.69, 9.17) is 4.74 Å². The molecule has 2 aromatic rings. The second-order valence-corrected chi connectivity index (χ2v) is 5.27. The third kappa shape index (κ3) is 3.05. The molecule has 0 bridgehead atoms. The van der Waals surface area contributed by atoms with Crippen LogP contribution in [0.3, 0.4) is 0 Å². The fourth-order valence-corrected chi connectivity index (χ4v) is 2.71. The van der Waals surface area contributed by atoms with Gasteiger partial charge in [0.2, 0.25) is 5.88 Å². The van der Waals surface area contributed by atoms with Gasteiger partial charge in [0.1, 0.15) is 12.2 Å². The van der Waals surface area contributed by atoms with Gasteiger partial charge in [0.05, 0.1) is 18.8 Å². The Kier molecular flexibility index (Phi) is 4.15. The van der Waals surface area contributed by atoms with E-state index in [1.54, 1.807) is 6.33 Å². The molecule has 0 N–H and O–H groups in total. The second kappa shape index (κ2) is 6.22. The van der Waals surface area contributed by atoms with Gasteiger partial charge in [-0.3, -0.25) is 4.90 Å². The molecule has 21 heavy (non-hydrogen) atoms. The predicted molar refractivity (Wildman–Crippen MR) is 79.1 cm³/mol. The smallest absolute Gasteiger partial charge is 0.219 e. The Balaban J connectivity index is 1.73. The fourth-order valence-electron chi connectivity index (χ4n) is 2.71. The van der Waals surface area contributed by atoms with Gasteiger partial charge in [-0.1, -0.05) is 0 Å². The molecule has 1 aliphatic heterocycles. The largest absolute Gasteiger partial charge is 0.478 e. The van der Waals surface area contributed by atoms with Crippen LogP contribution < -0.4 is 4.74 Å². The topological polar surface area (TPSA) is 56.1 Å². The van der Waals surface area contributed by atoms with Crippen LogP contribution in [0.1, 0.15) is 24.0 Å². The Hall–Kier alpha value is -1.95. The van der Waals surface area contributed by atoms with E-state index < -0.39 is 0 Å². The lowest BCUT2D eigenvalue weighted by atomic mass is 10.1. The van der Waals surface area contributed by atoms with Crippen LogP contribution in [0, 0.1) is 0 Å². The molecule has 0 unspecified atom stereocenters. The third-order valence-corrected chi connectivity index (χ3v) is 3.90. The zero-order valence-electron chi connectivity index (χ0n) is 12.6. The first-order chi connectivity index (χ1) is 10.3. The number of nitrogens with zero attached hydrogens (tertiary/aromatic N) is 5. The van der Waals surface area contributed by atoms with Gasteiger partial charge in [0, 0.05) is 44.5 Å². The van der Waals surface area contributed by atoms with Crippen molar-refractivity contribution in [2.75, 3.05) is 19.7 Å². The van der Waals surface area contributed by atoms with Gasteiger partial charge in [0.15, 0.2) is 0 Å². The molecule has 0 radical (unpaired) electrons. The van der Waals surface area contributed by atoms with E-state index >= 15 is 0 Å². The monoisotopic (exact) mass is 287 g/mol. The summed E-state index contributed by atoms with van der Waals surface area (Å²) in [5, 5.41) is 0. The Morgan fingerprint density at radius 2 is 2.05 bits per heavy atom. The normalized spacial score (nSPS) is 15.5. The van der Waals surface area contributed by atoms with Crippen LogP contribution >= 0.6 is 0 Å². The highest BCUT2D eigenvalue weighted by Crippen LogP contribution is 2.22. The van der Waals surface area contributed by atoms with Crippen LogP contribution in [0.4, 0.5) is 0 Å². The summed E-state index contributed by atoms with van der Waals surface area (Å²) in [6.07, 6.45) is 7.30. The third-order valence-electron chi connectivity index (χ3n) is 3.90. The number of fused-ring (bicyclic) bond motifs is 1. The van der Waals surface area contributed by atoms with Gasteiger partial charge in [0.25, 0.3) is 0 Å². The van der Waals surface area contributed by atoms with Crippen molar-refractivity contribution >= 4 is 0 Å². The summed E-state index contributed by atoms with van der Waals surface area (Å²) >= 11 is 0. The summed E-state index contributed by atoms with van der Waals surface area (Å²) in [6, 6.07) is 0. The Morgan fingerprint density at radius 1 is 1.19 bits per heavy atom. The molecule has 112 valence electrons. The first kappa shape index (κ1) is 14.0. The maximum Gasteiger partial charge on any atom is 0.219 e. The van der Waals surface area contributed by atoms with E-state index in [-0.39, 0.29) is 0 Å². The molecule has 6 nitrogen and oxygen atoms in total. The maximum atomic E-state index is 5.63. The van der Waals surface area contributed by atoms with Crippen molar-refractivity contribution in [2.24, 2.45) is 7.05 Å². The Labute approximate surface area is 124 Å². The van der Waals surface area contributed by atoms with Crippen molar-refractivity contribution < 1.29 is 4.74 Å². The molecular formula is C15H21N5O. The van der Waals surface area contributed by atoms with Crippen molar-refractivity contribution in [3.63, 3.8) is 0 Å². The summed E-state index contributed by atoms with van der Waals surface area (Å²) in [4.78, 5) is 15.5. The van der Waals surface area contributed by atoms with Crippen LogP contribution in [0.15, 0.2) is 18.7 Å². The first-order valence-electron chi connectivity index (χ1n) is 7.42. The molecule has 0 atom stereocenters. The van der Waals surface area contributed by atoms with Crippen LogP contribution in [-0.4, -0.2) is 44.1 Å². The Bertz CT molecular complexity index is 610. The van der Waals surface area contributed by atoms with Crippen LogP contribution in [0.25, 0.3) is 0 Å². The highest BCUT2D eigenvalue weighted by atomic mass is 16.5. The summed E-state index contributed by atoms with van der Waals surface area (Å²) in [5.74, 6) is 1.85. The molecule has 0 fully saturated rings. The van der Waals surface area contributed by atoms with E-state index in [9.17, 15) is 0 Å². The van der Waals surface area contributed by atoms with E-state index in [0.29, 0.717) is 6.61 Å². The van der Waals surface area contributed by atoms with Gasteiger partial charge in [-0.25, -0.2) is 15.0 Å². The van der Waals surface area contributed by atoms with Gasteiger partial charge in [-0.2, -0.15) is 0 Å². The van der Waals surface area contributed by atoms with Gasteiger partial charge < -0.3 is 9.30 Å². The number of aryl methyl sites for hydroxylation is 1. The highest BCUT2D eigenvalue weighted by molar-refractivity contribution is 5.31. The van der Waals surface area contributed by atoms with Crippen LogP contribution in [0.5, 0.6) is 5.88 Å². The minimum absolute atomic E-state index is 0.639. The average Bonchev–Trinajstić information content (AvgIpc) is 2.77. The van der Waals surface area contributed by atoms with Crippen molar-refractivity contribution in [2.45, 2.75) is 26.3 Å². The van der Waals surface area contributed by atoms with E-state index in [0.717, 1.165) is 49.9 Å². The lowest BCUT2D eigenvalue weighted by Crippen LogP contribution is -2.27. The molecule has 0 saturated heterocycles. The predicted octanol–water partition coefficient (Wildman–Crippen LogP) is 1.21. The number of rotatable bonds is 4. The zero-order chi connectivity index (χ0) is 14.7. The van der Waals surface area contributed by atoms with Crippen molar-refractivity contribution in [3.8, 4) is 5.88 Å². The molecule has 6 heteroatoms. The van der Waals surface area contributed by atoms with E-state index in [1.165, 1.54) is 5.56 Å². The Morgan fingerprint density at radius 3 is 2.81 bits per heavy atom. The minimum Gasteiger partial charge on any atom is -0.478 e. The van der Waals surface area contributed by atoms with Crippen molar-refractivity contribution in [1.82, 2.24) is 24.4 Å². The summed E-state index contributed by atoms with van der Waals surface area (Å²) < 4.78 is 7.71.